The molecule has 2 atom stereocenters. The summed E-state index contributed by atoms with van der Waals surface area (Å²) < 4.78 is 27.1. The Morgan fingerprint density at radius 1 is 1.56 bits per heavy atom. The molecule has 6 heteroatoms. The van der Waals surface area contributed by atoms with Crippen LogP contribution in [0.15, 0.2) is 22.7 Å². The van der Waals surface area contributed by atoms with E-state index in [1.165, 1.54) is 6.07 Å². The fourth-order valence-corrected chi connectivity index (χ4v) is 2.29. The lowest BCUT2D eigenvalue weighted by Crippen LogP contribution is -2.40. The standard InChI is InChI=1S/C12H13BrF2N2O/c13-8-1-2-10(15)7(3-8)5-17-12(18)11-4-9(14)6-16-11/h1-3,9,11,16H,4-6H2,(H,17,18). The van der Waals surface area contributed by atoms with Gasteiger partial charge >= 0.3 is 0 Å². The van der Waals surface area contributed by atoms with Crippen molar-refractivity contribution in [3.8, 4) is 0 Å². The summed E-state index contributed by atoms with van der Waals surface area (Å²) in [5, 5.41) is 5.38. The molecule has 2 unspecified atom stereocenters. The number of carbonyl (C=O) groups is 1. The van der Waals surface area contributed by atoms with Crippen molar-refractivity contribution in [1.82, 2.24) is 10.6 Å². The number of carbonyl (C=O) groups excluding carboxylic acids is 1. The second kappa shape index (κ2) is 5.75. The van der Waals surface area contributed by atoms with E-state index in [0.717, 1.165) is 4.47 Å². The van der Waals surface area contributed by atoms with E-state index in [4.69, 9.17) is 0 Å². The Bertz CT molecular complexity index is 456. The van der Waals surface area contributed by atoms with Gasteiger partial charge in [-0.25, -0.2) is 8.78 Å². The predicted octanol–water partition coefficient (Wildman–Crippen LogP) is 1.90. The van der Waals surface area contributed by atoms with Crippen molar-refractivity contribution in [3.63, 3.8) is 0 Å². The molecule has 18 heavy (non-hydrogen) atoms. The van der Waals surface area contributed by atoms with Gasteiger partial charge < -0.3 is 10.6 Å². The van der Waals surface area contributed by atoms with Crippen molar-refractivity contribution in [2.75, 3.05) is 6.54 Å². The zero-order valence-corrected chi connectivity index (χ0v) is 11.1. The van der Waals surface area contributed by atoms with Crippen LogP contribution in [0, 0.1) is 5.82 Å². The van der Waals surface area contributed by atoms with Crippen molar-refractivity contribution in [1.29, 1.82) is 0 Å². The monoisotopic (exact) mass is 318 g/mol. The van der Waals surface area contributed by atoms with Crippen LogP contribution in [0.25, 0.3) is 0 Å². The van der Waals surface area contributed by atoms with Gasteiger partial charge in [0.1, 0.15) is 12.0 Å². The van der Waals surface area contributed by atoms with Gasteiger partial charge in [0.15, 0.2) is 0 Å². The molecule has 1 aliphatic rings. The van der Waals surface area contributed by atoms with E-state index in [2.05, 4.69) is 26.6 Å². The lowest BCUT2D eigenvalue weighted by atomic mass is 10.2. The fourth-order valence-electron chi connectivity index (χ4n) is 1.88. The molecule has 1 aliphatic heterocycles. The van der Waals surface area contributed by atoms with Crippen LogP contribution < -0.4 is 10.6 Å². The maximum Gasteiger partial charge on any atom is 0.237 e. The first-order valence-corrected chi connectivity index (χ1v) is 6.44. The second-order valence-corrected chi connectivity index (χ2v) is 5.16. The molecule has 2 rings (SSSR count). The van der Waals surface area contributed by atoms with Crippen LogP contribution in [-0.4, -0.2) is 24.7 Å². The molecular formula is C12H13BrF2N2O. The Labute approximate surface area is 112 Å². The van der Waals surface area contributed by atoms with Crippen molar-refractivity contribution < 1.29 is 13.6 Å². The Morgan fingerprint density at radius 3 is 3.00 bits per heavy atom. The van der Waals surface area contributed by atoms with Crippen LogP contribution in [-0.2, 0) is 11.3 Å². The number of hydrogen-bond donors (Lipinski definition) is 2. The summed E-state index contributed by atoms with van der Waals surface area (Å²) in [5.74, 6) is -0.671. The summed E-state index contributed by atoms with van der Waals surface area (Å²) in [5.41, 5.74) is 0.396. The second-order valence-electron chi connectivity index (χ2n) is 4.25. The van der Waals surface area contributed by atoms with Gasteiger partial charge in [-0.05, 0) is 18.2 Å². The average molecular weight is 319 g/mol. The molecule has 1 heterocycles. The SMILES string of the molecule is O=C(NCc1cc(Br)ccc1F)C1CC(F)CN1. The summed E-state index contributed by atoms with van der Waals surface area (Å²) in [6.07, 6.45) is -0.810. The predicted molar refractivity (Wildman–Crippen MR) is 67.3 cm³/mol. The summed E-state index contributed by atoms with van der Waals surface area (Å²) in [7, 11) is 0. The number of halogens is 3. The molecule has 0 saturated carbocycles. The van der Waals surface area contributed by atoms with Crippen molar-refractivity contribution in [3.05, 3.63) is 34.1 Å². The lowest BCUT2D eigenvalue weighted by molar-refractivity contribution is -0.123. The number of hydrogen-bond acceptors (Lipinski definition) is 2. The average Bonchev–Trinajstić information content (AvgIpc) is 2.77. The molecule has 0 spiro atoms. The molecule has 1 aromatic rings. The molecule has 0 aliphatic carbocycles. The highest BCUT2D eigenvalue weighted by molar-refractivity contribution is 9.10. The highest BCUT2D eigenvalue weighted by Gasteiger charge is 2.28. The van der Waals surface area contributed by atoms with Crippen LogP contribution in [0.5, 0.6) is 0 Å². The molecular weight excluding hydrogens is 306 g/mol. The van der Waals surface area contributed by atoms with Crippen LogP contribution >= 0.6 is 15.9 Å². The molecule has 0 radical (unpaired) electrons. The lowest BCUT2D eigenvalue weighted by Gasteiger charge is -2.11. The Morgan fingerprint density at radius 2 is 2.33 bits per heavy atom. The molecule has 0 bridgehead atoms. The third kappa shape index (κ3) is 3.26. The number of alkyl halides is 1. The number of rotatable bonds is 3. The number of nitrogens with one attached hydrogen (secondary N) is 2. The summed E-state index contributed by atoms with van der Waals surface area (Å²) in [6, 6.07) is 4.01. The third-order valence-electron chi connectivity index (χ3n) is 2.85. The quantitative estimate of drug-likeness (QED) is 0.893. The Hall–Kier alpha value is -1.01. The fraction of sp³-hybridized carbons (Fsp3) is 0.417. The first-order valence-electron chi connectivity index (χ1n) is 5.65. The molecule has 0 aromatic heterocycles. The first kappa shape index (κ1) is 13.4. The summed E-state index contributed by atoms with van der Waals surface area (Å²) in [6.45, 7) is 0.294. The summed E-state index contributed by atoms with van der Waals surface area (Å²) in [4.78, 5) is 11.7. The maximum absolute atomic E-state index is 13.4. The smallest absolute Gasteiger partial charge is 0.237 e. The van der Waals surface area contributed by atoms with Crippen LogP contribution in [0.2, 0.25) is 0 Å². The zero-order valence-electron chi connectivity index (χ0n) is 9.55. The molecule has 1 saturated heterocycles. The van der Waals surface area contributed by atoms with Crippen LogP contribution in [0.3, 0.4) is 0 Å². The third-order valence-corrected chi connectivity index (χ3v) is 3.35. The Balaban J connectivity index is 1.91. The van der Waals surface area contributed by atoms with Crippen LogP contribution in [0.4, 0.5) is 8.78 Å². The minimum absolute atomic E-state index is 0.0965. The number of benzene rings is 1. The zero-order chi connectivity index (χ0) is 13.1. The minimum atomic E-state index is -0.983. The van der Waals surface area contributed by atoms with Gasteiger partial charge in [0.25, 0.3) is 0 Å². The van der Waals surface area contributed by atoms with Gasteiger partial charge in [0.2, 0.25) is 5.91 Å². The van der Waals surface area contributed by atoms with Crippen molar-refractivity contribution >= 4 is 21.8 Å². The normalized spacial score (nSPS) is 23.1. The van der Waals surface area contributed by atoms with E-state index in [9.17, 15) is 13.6 Å². The highest BCUT2D eigenvalue weighted by Crippen LogP contribution is 2.16. The van der Waals surface area contributed by atoms with E-state index < -0.39 is 12.2 Å². The van der Waals surface area contributed by atoms with Gasteiger partial charge in [-0.3, -0.25) is 4.79 Å². The van der Waals surface area contributed by atoms with Gasteiger partial charge in [0.05, 0.1) is 6.04 Å². The largest absolute Gasteiger partial charge is 0.351 e. The number of amides is 1. The molecule has 2 N–H and O–H groups in total. The minimum Gasteiger partial charge on any atom is -0.351 e. The molecule has 1 aromatic carbocycles. The van der Waals surface area contributed by atoms with Crippen LogP contribution in [0.1, 0.15) is 12.0 Å². The van der Waals surface area contributed by atoms with Gasteiger partial charge in [-0.2, -0.15) is 0 Å². The van der Waals surface area contributed by atoms with E-state index in [-0.39, 0.29) is 31.2 Å². The van der Waals surface area contributed by atoms with Gasteiger partial charge in [-0.15, -0.1) is 0 Å². The van der Waals surface area contributed by atoms with E-state index in [0.29, 0.717) is 5.56 Å². The first-order chi connectivity index (χ1) is 8.56. The van der Waals surface area contributed by atoms with E-state index in [1.54, 1.807) is 12.1 Å². The van der Waals surface area contributed by atoms with Crippen molar-refractivity contribution in [2.45, 2.75) is 25.2 Å². The topological polar surface area (TPSA) is 41.1 Å². The van der Waals surface area contributed by atoms with E-state index >= 15 is 0 Å². The maximum atomic E-state index is 13.4. The Kier molecular flexibility index (Phi) is 4.29. The van der Waals surface area contributed by atoms with Gasteiger partial charge in [0, 0.05) is 29.5 Å². The molecule has 3 nitrogen and oxygen atoms in total. The van der Waals surface area contributed by atoms with Gasteiger partial charge in [-0.1, -0.05) is 15.9 Å². The molecule has 1 fully saturated rings. The highest BCUT2D eigenvalue weighted by atomic mass is 79.9. The summed E-state index contributed by atoms with van der Waals surface area (Å²) >= 11 is 3.24. The molecule has 98 valence electrons. The van der Waals surface area contributed by atoms with E-state index in [1.807, 2.05) is 0 Å². The van der Waals surface area contributed by atoms with Crippen molar-refractivity contribution in [2.24, 2.45) is 0 Å². The molecule has 1 amide bonds.